The first-order valence-electron chi connectivity index (χ1n) is 18.9. The summed E-state index contributed by atoms with van der Waals surface area (Å²) in [4.78, 5) is 77.3. The number of benzene rings is 6. The number of carbonyl (C=O) groups is 3. The number of fused-ring (bicyclic) bond motifs is 3. The smallest absolute Gasteiger partial charge is 0.352 e. The number of rotatable bonds is 6. The van der Waals surface area contributed by atoms with Crippen molar-refractivity contribution in [1.29, 1.82) is 0 Å². The first-order chi connectivity index (χ1) is 30.6. The number of halogens is 1. The highest BCUT2D eigenvalue weighted by Gasteiger charge is 2.17. The number of aromatic carboxylic acids is 3. The number of hydrogen-bond acceptors (Lipinski definition) is 9. The number of pyridine rings is 3. The van der Waals surface area contributed by atoms with Gasteiger partial charge in [0.1, 0.15) is 34.3 Å². The Kier molecular flexibility index (Phi) is 12.1. The van der Waals surface area contributed by atoms with E-state index in [9.17, 15) is 44.1 Å². The van der Waals surface area contributed by atoms with Crippen molar-refractivity contribution >= 4 is 62.2 Å². The van der Waals surface area contributed by atoms with Crippen molar-refractivity contribution in [3.05, 3.63) is 192 Å². The lowest BCUT2D eigenvalue weighted by Gasteiger charge is -2.09. The van der Waals surface area contributed by atoms with Gasteiger partial charge in [-0.05, 0) is 81.9 Å². The Bertz CT molecular complexity index is 3480. The van der Waals surface area contributed by atoms with Crippen LogP contribution in [0.25, 0.3) is 66.1 Å². The summed E-state index contributed by atoms with van der Waals surface area (Å²) in [7, 11) is 0. The first kappa shape index (κ1) is 43.1. The van der Waals surface area contributed by atoms with E-state index < -0.39 is 34.2 Å². The van der Waals surface area contributed by atoms with E-state index in [2.05, 4.69) is 15.0 Å². The van der Waals surface area contributed by atoms with Gasteiger partial charge < -0.3 is 45.6 Å². The van der Waals surface area contributed by atoms with Crippen molar-refractivity contribution in [3.8, 4) is 50.6 Å². The minimum Gasteiger partial charge on any atom is -0.506 e. The molecule has 3 heterocycles. The number of carboxylic acid groups (broad SMARTS) is 3. The van der Waals surface area contributed by atoms with Gasteiger partial charge in [-0.25, -0.2) is 14.4 Å². The third kappa shape index (κ3) is 8.90. The standard InChI is InChI=1S/C16H10ClNO4.2C16H11NO4/c17-9-3-1-8(2-4-9)10-5-6-12(19)15-14(10)13(20)7-11(18-15)16(21)22;18-13-8-12(16(20)21)17-15-11(13)6-10(7-14(15)19)9-4-2-1-3-5-9;18-12-7-6-10(9-4-2-1-3-5-9)14-13(19)8-11(16(20)21)17-15(12)14/h1-7,19H,(H,18,20)(H,21,22);1-8,19H,(H,17,18)(H,20,21);1-8,18H,(H,17,19)(H,20,21). The average Bonchev–Trinajstić information content (AvgIpc) is 3.28. The Labute approximate surface area is 364 Å². The third-order valence-electron chi connectivity index (χ3n) is 9.89. The number of hydrogen-bond donors (Lipinski definition) is 9. The van der Waals surface area contributed by atoms with Crippen molar-refractivity contribution < 1.29 is 45.0 Å². The lowest BCUT2D eigenvalue weighted by molar-refractivity contribution is 0.0680. The molecule has 0 spiro atoms. The van der Waals surface area contributed by atoms with Crippen molar-refractivity contribution in [1.82, 2.24) is 15.0 Å². The van der Waals surface area contributed by atoms with Gasteiger partial charge in [0.05, 0.1) is 27.3 Å². The summed E-state index contributed by atoms with van der Waals surface area (Å²) >= 11 is 5.86. The van der Waals surface area contributed by atoms with Crippen LogP contribution in [0.4, 0.5) is 0 Å². The van der Waals surface area contributed by atoms with Crippen LogP contribution in [0.5, 0.6) is 17.2 Å². The summed E-state index contributed by atoms with van der Waals surface area (Å²) < 4.78 is 0. The van der Waals surface area contributed by atoms with Crippen molar-refractivity contribution in [2.24, 2.45) is 0 Å². The molecule has 0 atom stereocenters. The van der Waals surface area contributed by atoms with Gasteiger partial charge in [-0.2, -0.15) is 0 Å². The first-order valence-corrected chi connectivity index (χ1v) is 19.2. The molecule has 16 heteroatoms. The van der Waals surface area contributed by atoms with Gasteiger partial charge >= 0.3 is 17.9 Å². The van der Waals surface area contributed by atoms with Gasteiger partial charge in [-0.15, -0.1) is 0 Å². The van der Waals surface area contributed by atoms with Gasteiger partial charge in [-0.1, -0.05) is 84.4 Å². The van der Waals surface area contributed by atoms with Crippen molar-refractivity contribution in [2.75, 3.05) is 0 Å². The number of aromatic hydroxyl groups is 3. The predicted molar refractivity (Wildman–Crippen MR) is 241 cm³/mol. The SMILES string of the molecule is O=C(O)c1cc(=O)c2c(-c3ccc(Cl)cc3)ccc(O)c2[nH]1.O=C(O)c1cc(=O)c2c(-c3ccccc3)ccc(O)c2[nH]1.O=C(O)c1cc(=O)c2cc(-c3ccccc3)cc(O)c2[nH]1. The van der Waals surface area contributed by atoms with Crippen LogP contribution in [0.15, 0.2) is 154 Å². The quantitative estimate of drug-likeness (QED) is 0.0761. The summed E-state index contributed by atoms with van der Waals surface area (Å²) in [5.74, 6) is -4.28. The van der Waals surface area contributed by atoms with Gasteiger partial charge in [0.2, 0.25) is 0 Å². The predicted octanol–water partition coefficient (Wildman–Crippen LogP) is 8.45. The molecule has 9 rings (SSSR count). The Morgan fingerprint density at radius 3 is 1.27 bits per heavy atom. The van der Waals surface area contributed by atoms with Crippen LogP contribution in [0.2, 0.25) is 5.02 Å². The molecule has 0 bridgehead atoms. The Balaban J connectivity index is 0.000000144. The minimum absolute atomic E-state index is 0.0948. The molecular formula is C48H32ClN3O12. The maximum Gasteiger partial charge on any atom is 0.352 e. The van der Waals surface area contributed by atoms with E-state index in [1.54, 1.807) is 42.5 Å². The Hall–Kier alpha value is -8.95. The summed E-state index contributed by atoms with van der Waals surface area (Å²) in [6.07, 6.45) is 0. The van der Waals surface area contributed by atoms with Crippen LogP contribution >= 0.6 is 11.6 Å². The summed E-state index contributed by atoms with van der Waals surface area (Å²) in [6, 6.07) is 37.7. The summed E-state index contributed by atoms with van der Waals surface area (Å²) in [6.45, 7) is 0. The maximum atomic E-state index is 12.3. The van der Waals surface area contributed by atoms with Crippen LogP contribution < -0.4 is 16.3 Å². The fourth-order valence-corrected chi connectivity index (χ4v) is 7.03. The highest BCUT2D eigenvalue weighted by molar-refractivity contribution is 6.30. The number of aromatic amines is 3. The van der Waals surface area contributed by atoms with E-state index in [0.29, 0.717) is 21.7 Å². The normalized spacial score (nSPS) is 10.7. The zero-order valence-corrected chi connectivity index (χ0v) is 33.5. The van der Waals surface area contributed by atoms with Crippen molar-refractivity contribution in [3.63, 3.8) is 0 Å². The molecule has 3 aromatic heterocycles. The molecule has 0 saturated heterocycles. The van der Waals surface area contributed by atoms with E-state index in [4.69, 9.17) is 26.9 Å². The fourth-order valence-electron chi connectivity index (χ4n) is 6.90. The number of nitrogens with one attached hydrogen (secondary N) is 3. The lowest BCUT2D eigenvalue weighted by Crippen LogP contribution is -2.10. The second kappa shape index (κ2) is 18.0. The molecule has 0 unspecified atom stereocenters. The molecule has 0 amide bonds. The fraction of sp³-hybridized carbons (Fsp3) is 0. The molecular weight excluding hydrogens is 846 g/mol. The van der Waals surface area contributed by atoms with Crippen LogP contribution in [-0.4, -0.2) is 63.5 Å². The molecule has 0 aliphatic heterocycles. The van der Waals surface area contributed by atoms with Gasteiger partial charge in [-0.3, -0.25) is 14.4 Å². The summed E-state index contributed by atoms with van der Waals surface area (Å²) in [5, 5.41) is 58.2. The highest BCUT2D eigenvalue weighted by atomic mass is 35.5. The number of phenolic OH excluding ortho intramolecular Hbond substituents is 3. The van der Waals surface area contributed by atoms with E-state index >= 15 is 0 Å². The van der Waals surface area contributed by atoms with Crippen LogP contribution in [0.3, 0.4) is 0 Å². The summed E-state index contributed by atoms with van der Waals surface area (Å²) in [5.41, 5.74) is 2.51. The van der Waals surface area contributed by atoms with E-state index in [1.165, 1.54) is 18.2 Å². The molecule has 15 nitrogen and oxygen atoms in total. The second-order valence-corrected chi connectivity index (χ2v) is 14.4. The van der Waals surface area contributed by atoms with E-state index in [1.807, 2.05) is 60.7 Å². The molecule has 0 aliphatic rings. The number of H-pyrrole nitrogens is 3. The lowest BCUT2D eigenvalue weighted by atomic mass is 9.99. The molecule has 9 N–H and O–H groups in total. The third-order valence-corrected chi connectivity index (χ3v) is 10.1. The topological polar surface area (TPSA) is 271 Å². The average molecular weight is 878 g/mol. The number of carboxylic acids is 3. The van der Waals surface area contributed by atoms with Crippen LogP contribution in [0.1, 0.15) is 31.5 Å². The number of phenols is 3. The van der Waals surface area contributed by atoms with Crippen LogP contribution in [-0.2, 0) is 0 Å². The van der Waals surface area contributed by atoms with E-state index in [0.717, 1.165) is 34.9 Å². The molecule has 64 heavy (non-hydrogen) atoms. The molecule has 0 fully saturated rings. The molecule has 0 saturated carbocycles. The van der Waals surface area contributed by atoms with E-state index in [-0.39, 0.29) is 67.0 Å². The molecule has 0 aliphatic carbocycles. The minimum atomic E-state index is -1.27. The number of aromatic nitrogens is 3. The van der Waals surface area contributed by atoms with Crippen LogP contribution in [0, 0.1) is 0 Å². The Morgan fingerprint density at radius 2 is 0.812 bits per heavy atom. The zero-order chi connectivity index (χ0) is 45.8. The van der Waals surface area contributed by atoms with Gasteiger partial charge in [0.15, 0.2) is 16.3 Å². The molecule has 6 aromatic carbocycles. The molecule has 0 radical (unpaired) electrons. The highest BCUT2D eigenvalue weighted by Crippen LogP contribution is 2.33. The molecule has 9 aromatic rings. The largest absolute Gasteiger partial charge is 0.506 e. The monoisotopic (exact) mass is 877 g/mol. The zero-order valence-electron chi connectivity index (χ0n) is 32.8. The van der Waals surface area contributed by atoms with Gasteiger partial charge in [0.25, 0.3) is 0 Å². The molecule has 318 valence electrons. The second-order valence-electron chi connectivity index (χ2n) is 14.0. The maximum absolute atomic E-state index is 12.3. The Morgan fingerprint density at radius 1 is 0.406 bits per heavy atom. The van der Waals surface area contributed by atoms with Gasteiger partial charge in [0, 0.05) is 28.6 Å². The van der Waals surface area contributed by atoms with Crippen molar-refractivity contribution in [2.45, 2.75) is 0 Å².